The highest BCUT2D eigenvalue weighted by Crippen LogP contribution is 2.41. The standard InChI is InChI=1S/C20H26N4O/c25-19(22-20(10-5-11-20)17-7-2-1-3-8-17)15-24-13-4-6-16(14-24)18-9-12-21-23-18/h1-3,7-9,12,16H,4-6,10-11,13-15H2,(H,21,23)(H,22,25)/t16-/m1/s1. The number of aromatic nitrogens is 2. The minimum atomic E-state index is -0.142. The first-order chi connectivity index (χ1) is 12.3. The van der Waals surface area contributed by atoms with Gasteiger partial charge < -0.3 is 5.32 Å². The lowest BCUT2D eigenvalue weighted by Crippen LogP contribution is -2.53. The van der Waals surface area contributed by atoms with Crippen LogP contribution in [0.5, 0.6) is 0 Å². The molecule has 4 rings (SSSR count). The summed E-state index contributed by atoms with van der Waals surface area (Å²) in [7, 11) is 0. The summed E-state index contributed by atoms with van der Waals surface area (Å²) in [4.78, 5) is 15.0. The molecule has 132 valence electrons. The zero-order valence-corrected chi connectivity index (χ0v) is 14.6. The Kier molecular flexibility index (Phi) is 4.57. The summed E-state index contributed by atoms with van der Waals surface area (Å²) in [6.45, 7) is 2.41. The van der Waals surface area contributed by atoms with Gasteiger partial charge in [0.15, 0.2) is 0 Å². The summed E-state index contributed by atoms with van der Waals surface area (Å²) in [6, 6.07) is 12.5. The van der Waals surface area contributed by atoms with Gasteiger partial charge in [0, 0.05) is 24.4 Å². The molecule has 2 N–H and O–H groups in total. The smallest absolute Gasteiger partial charge is 0.234 e. The van der Waals surface area contributed by atoms with Crippen molar-refractivity contribution in [2.45, 2.75) is 43.6 Å². The van der Waals surface area contributed by atoms with Crippen LogP contribution < -0.4 is 5.32 Å². The number of hydrogen-bond donors (Lipinski definition) is 2. The first-order valence-corrected chi connectivity index (χ1v) is 9.33. The number of carbonyl (C=O) groups excluding carboxylic acids is 1. The van der Waals surface area contributed by atoms with Crippen LogP contribution in [-0.2, 0) is 10.3 Å². The molecule has 0 spiro atoms. The summed E-state index contributed by atoms with van der Waals surface area (Å²) in [5, 5.41) is 10.5. The quantitative estimate of drug-likeness (QED) is 0.881. The van der Waals surface area contributed by atoms with Gasteiger partial charge in [-0.3, -0.25) is 14.8 Å². The second-order valence-corrected chi connectivity index (χ2v) is 7.44. The van der Waals surface area contributed by atoms with Gasteiger partial charge in [-0.1, -0.05) is 30.3 Å². The van der Waals surface area contributed by atoms with Crippen LogP contribution in [0.1, 0.15) is 49.3 Å². The third-order valence-corrected chi connectivity index (χ3v) is 5.75. The van der Waals surface area contributed by atoms with Crippen molar-refractivity contribution in [3.63, 3.8) is 0 Å². The van der Waals surface area contributed by atoms with E-state index in [2.05, 4.69) is 44.7 Å². The number of aromatic amines is 1. The van der Waals surface area contributed by atoms with E-state index in [4.69, 9.17) is 0 Å². The Morgan fingerprint density at radius 1 is 1.24 bits per heavy atom. The van der Waals surface area contributed by atoms with Crippen LogP contribution in [0.4, 0.5) is 0 Å². The second-order valence-electron chi connectivity index (χ2n) is 7.44. The van der Waals surface area contributed by atoms with Gasteiger partial charge in [-0.15, -0.1) is 0 Å². The van der Waals surface area contributed by atoms with Crippen LogP contribution in [0.3, 0.4) is 0 Å². The average Bonchev–Trinajstić information content (AvgIpc) is 3.14. The number of carbonyl (C=O) groups is 1. The summed E-state index contributed by atoms with van der Waals surface area (Å²) < 4.78 is 0. The van der Waals surface area contributed by atoms with E-state index in [9.17, 15) is 4.79 Å². The molecule has 2 fully saturated rings. The van der Waals surface area contributed by atoms with E-state index in [0.717, 1.165) is 38.8 Å². The number of rotatable bonds is 5. The van der Waals surface area contributed by atoms with Crippen molar-refractivity contribution in [1.82, 2.24) is 20.4 Å². The Hall–Kier alpha value is -2.14. The Morgan fingerprint density at radius 3 is 2.76 bits per heavy atom. The highest BCUT2D eigenvalue weighted by atomic mass is 16.2. The van der Waals surface area contributed by atoms with E-state index in [0.29, 0.717) is 12.5 Å². The summed E-state index contributed by atoms with van der Waals surface area (Å²) in [5.41, 5.74) is 2.28. The van der Waals surface area contributed by atoms with Crippen molar-refractivity contribution < 1.29 is 4.79 Å². The summed E-state index contributed by atoms with van der Waals surface area (Å²) in [6.07, 6.45) is 7.36. The topological polar surface area (TPSA) is 61.0 Å². The van der Waals surface area contributed by atoms with Crippen molar-refractivity contribution in [2.75, 3.05) is 19.6 Å². The monoisotopic (exact) mass is 338 g/mol. The molecule has 1 amide bonds. The molecular weight excluding hydrogens is 312 g/mol. The maximum absolute atomic E-state index is 12.7. The minimum absolute atomic E-state index is 0.142. The Bertz CT molecular complexity index is 694. The van der Waals surface area contributed by atoms with Crippen LogP contribution >= 0.6 is 0 Å². The molecule has 25 heavy (non-hydrogen) atoms. The Labute approximate surface area is 148 Å². The number of piperidine rings is 1. The number of amides is 1. The fourth-order valence-corrected chi connectivity index (χ4v) is 4.23. The predicted octanol–water partition coefficient (Wildman–Crippen LogP) is 2.78. The van der Waals surface area contributed by atoms with Gasteiger partial charge in [-0.2, -0.15) is 5.10 Å². The number of likely N-dealkylation sites (tertiary alicyclic amines) is 1. The van der Waals surface area contributed by atoms with Crippen LogP contribution in [0.15, 0.2) is 42.6 Å². The van der Waals surface area contributed by atoms with Crippen molar-refractivity contribution >= 4 is 5.91 Å². The van der Waals surface area contributed by atoms with Gasteiger partial charge in [0.2, 0.25) is 5.91 Å². The first kappa shape index (κ1) is 16.3. The molecule has 1 saturated carbocycles. The predicted molar refractivity (Wildman–Crippen MR) is 97.1 cm³/mol. The van der Waals surface area contributed by atoms with E-state index < -0.39 is 0 Å². The third-order valence-electron chi connectivity index (χ3n) is 5.75. The van der Waals surface area contributed by atoms with Gasteiger partial charge in [-0.25, -0.2) is 0 Å². The largest absolute Gasteiger partial charge is 0.345 e. The Morgan fingerprint density at radius 2 is 2.08 bits per heavy atom. The van der Waals surface area contributed by atoms with Crippen LogP contribution in [0.25, 0.3) is 0 Å². The maximum Gasteiger partial charge on any atom is 0.234 e. The van der Waals surface area contributed by atoms with Gasteiger partial charge in [0.1, 0.15) is 0 Å². The van der Waals surface area contributed by atoms with Gasteiger partial charge in [-0.05, 0) is 50.3 Å². The SMILES string of the molecule is O=C(CN1CCC[C@@H](c2ccn[nH]2)C1)NC1(c2ccccc2)CCC1. The van der Waals surface area contributed by atoms with Crippen LogP contribution in [0, 0.1) is 0 Å². The number of hydrogen-bond acceptors (Lipinski definition) is 3. The van der Waals surface area contributed by atoms with E-state index in [-0.39, 0.29) is 11.4 Å². The fourth-order valence-electron chi connectivity index (χ4n) is 4.23. The molecule has 5 heteroatoms. The zero-order valence-electron chi connectivity index (χ0n) is 14.6. The Balaban J connectivity index is 1.37. The summed E-state index contributed by atoms with van der Waals surface area (Å²) in [5.74, 6) is 0.602. The molecule has 1 aromatic heterocycles. The van der Waals surface area contributed by atoms with Crippen LogP contribution in [-0.4, -0.2) is 40.6 Å². The lowest BCUT2D eigenvalue weighted by atomic mass is 9.72. The first-order valence-electron chi connectivity index (χ1n) is 9.33. The van der Waals surface area contributed by atoms with Crippen molar-refractivity contribution in [2.24, 2.45) is 0 Å². The fraction of sp³-hybridized carbons (Fsp3) is 0.500. The summed E-state index contributed by atoms with van der Waals surface area (Å²) >= 11 is 0. The molecule has 1 aliphatic carbocycles. The van der Waals surface area contributed by atoms with E-state index in [1.807, 2.05) is 12.1 Å². The number of nitrogens with one attached hydrogen (secondary N) is 2. The van der Waals surface area contributed by atoms with Crippen molar-refractivity contribution in [3.8, 4) is 0 Å². The average molecular weight is 338 g/mol. The number of benzene rings is 1. The highest BCUT2D eigenvalue weighted by Gasteiger charge is 2.40. The lowest BCUT2D eigenvalue weighted by Gasteiger charge is -2.43. The van der Waals surface area contributed by atoms with Crippen molar-refractivity contribution in [1.29, 1.82) is 0 Å². The molecule has 2 heterocycles. The molecule has 1 aliphatic heterocycles. The lowest BCUT2D eigenvalue weighted by molar-refractivity contribution is -0.125. The molecule has 1 aromatic carbocycles. The molecule has 0 bridgehead atoms. The van der Waals surface area contributed by atoms with E-state index in [1.54, 1.807) is 6.20 Å². The molecule has 0 unspecified atom stereocenters. The highest BCUT2D eigenvalue weighted by molar-refractivity contribution is 5.79. The molecule has 2 aromatic rings. The third kappa shape index (κ3) is 3.47. The number of nitrogens with zero attached hydrogens (tertiary/aromatic N) is 2. The molecule has 0 radical (unpaired) electrons. The van der Waals surface area contributed by atoms with E-state index >= 15 is 0 Å². The molecule has 2 aliphatic rings. The van der Waals surface area contributed by atoms with Crippen molar-refractivity contribution in [3.05, 3.63) is 53.9 Å². The molecular formula is C20H26N4O. The van der Waals surface area contributed by atoms with Gasteiger partial charge >= 0.3 is 0 Å². The normalized spacial score (nSPS) is 23.0. The second kappa shape index (κ2) is 7.00. The minimum Gasteiger partial charge on any atom is -0.345 e. The van der Waals surface area contributed by atoms with Crippen LogP contribution in [0.2, 0.25) is 0 Å². The van der Waals surface area contributed by atoms with Gasteiger partial charge in [0.05, 0.1) is 12.1 Å². The number of H-pyrrole nitrogens is 1. The van der Waals surface area contributed by atoms with E-state index in [1.165, 1.54) is 17.7 Å². The zero-order chi connectivity index (χ0) is 17.1. The molecule has 1 atom stereocenters. The maximum atomic E-state index is 12.7. The van der Waals surface area contributed by atoms with Gasteiger partial charge in [0.25, 0.3) is 0 Å². The molecule has 1 saturated heterocycles. The molecule has 5 nitrogen and oxygen atoms in total.